The summed E-state index contributed by atoms with van der Waals surface area (Å²) in [4.78, 5) is 21.2. The van der Waals surface area contributed by atoms with E-state index in [0.717, 1.165) is 0 Å². The average Bonchev–Trinajstić information content (AvgIpc) is 2.02. The molecule has 0 saturated carbocycles. The van der Waals surface area contributed by atoms with Crippen LogP contribution in [0.25, 0.3) is 0 Å². The van der Waals surface area contributed by atoms with E-state index in [9.17, 15) is 18.0 Å². The van der Waals surface area contributed by atoms with Crippen molar-refractivity contribution in [3.63, 3.8) is 0 Å². The predicted molar refractivity (Wildman–Crippen MR) is 49.7 cm³/mol. The maximum Gasteiger partial charge on any atom is 0.298 e. The van der Waals surface area contributed by atoms with E-state index in [2.05, 4.69) is 31.9 Å². The molecule has 5 nitrogen and oxygen atoms in total. The molecule has 0 aromatic carbocycles. The van der Waals surface area contributed by atoms with E-state index in [1.165, 1.54) is 0 Å². The lowest BCUT2D eigenvalue weighted by Crippen LogP contribution is -2.36. The van der Waals surface area contributed by atoms with E-state index >= 15 is 0 Å². The number of hydrogen-bond acceptors (Lipinski definition) is 4. The Balaban J connectivity index is 4.45. The standard InChI is InChI=1S/C4H5Br2NO4S/c5-1-3(8)7-12(10,11)4(9)2-6/h1-2H2,(H,7,8). The average molecular weight is 323 g/mol. The highest BCUT2D eigenvalue weighted by atomic mass is 79.9. The van der Waals surface area contributed by atoms with Crippen LogP contribution in [0.15, 0.2) is 0 Å². The number of sulfonamides is 1. The van der Waals surface area contributed by atoms with Gasteiger partial charge in [0, 0.05) is 0 Å². The Morgan fingerprint density at radius 3 is 2.00 bits per heavy atom. The zero-order chi connectivity index (χ0) is 9.78. The van der Waals surface area contributed by atoms with Gasteiger partial charge in [-0.2, -0.15) is 8.42 Å². The van der Waals surface area contributed by atoms with Crippen molar-refractivity contribution >= 4 is 52.9 Å². The number of hydrogen-bond donors (Lipinski definition) is 1. The normalized spacial score (nSPS) is 10.8. The van der Waals surface area contributed by atoms with E-state index in [1.54, 1.807) is 4.72 Å². The van der Waals surface area contributed by atoms with Crippen LogP contribution in [-0.4, -0.2) is 30.1 Å². The van der Waals surface area contributed by atoms with Crippen molar-refractivity contribution in [2.45, 2.75) is 0 Å². The number of alkyl halides is 2. The van der Waals surface area contributed by atoms with Crippen LogP contribution < -0.4 is 4.72 Å². The van der Waals surface area contributed by atoms with Crippen LogP contribution in [0.5, 0.6) is 0 Å². The minimum atomic E-state index is -4.14. The quantitative estimate of drug-likeness (QED) is 0.711. The van der Waals surface area contributed by atoms with Crippen molar-refractivity contribution in [2.75, 3.05) is 10.7 Å². The first-order chi connectivity index (χ1) is 5.44. The van der Waals surface area contributed by atoms with Gasteiger partial charge in [0.25, 0.3) is 15.1 Å². The highest BCUT2D eigenvalue weighted by Gasteiger charge is 2.22. The van der Waals surface area contributed by atoms with Crippen LogP contribution in [0.1, 0.15) is 0 Å². The molecule has 8 heteroatoms. The molecule has 0 bridgehead atoms. The van der Waals surface area contributed by atoms with Crippen LogP contribution in [0.3, 0.4) is 0 Å². The summed E-state index contributed by atoms with van der Waals surface area (Å²) in [6.45, 7) is 0. The molecule has 0 spiro atoms. The Kier molecular flexibility index (Phi) is 4.95. The maximum atomic E-state index is 10.8. The smallest absolute Gasteiger partial charge is 0.279 e. The van der Waals surface area contributed by atoms with Gasteiger partial charge < -0.3 is 0 Å². The van der Waals surface area contributed by atoms with Crippen LogP contribution in [0.4, 0.5) is 0 Å². The highest BCUT2D eigenvalue weighted by molar-refractivity contribution is 9.09. The number of carbonyl (C=O) groups is 2. The van der Waals surface area contributed by atoms with Crippen LogP contribution in [0.2, 0.25) is 0 Å². The van der Waals surface area contributed by atoms with Crippen LogP contribution in [-0.2, 0) is 19.6 Å². The molecule has 0 aromatic rings. The minimum Gasteiger partial charge on any atom is -0.279 e. The summed E-state index contributed by atoms with van der Waals surface area (Å²) in [6.07, 6.45) is 0. The first kappa shape index (κ1) is 12.0. The lowest BCUT2D eigenvalue weighted by molar-refractivity contribution is -0.117. The van der Waals surface area contributed by atoms with E-state index in [4.69, 9.17) is 0 Å². The SMILES string of the molecule is O=C(CBr)NS(=O)(=O)C(=O)CBr. The van der Waals surface area contributed by atoms with Gasteiger partial charge in [0.05, 0.1) is 10.7 Å². The molecule has 0 fully saturated rings. The summed E-state index contributed by atoms with van der Waals surface area (Å²) < 4.78 is 23.2. The molecule has 0 saturated heterocycles. The van der Waals surface area contributed by atoms with Crippen LogP contribution >= 0.6 is 31.9 Å². The van der Waals surface area contributed by atoms with Gasteiger partial charge in [0.1, 0.15) is 0 Å². The Morgan fingerprint density at radius 2 is 1.67 bits per heavy atom. The van der Waals surface area contributed by atoms with E-state index in [0.29, 0.717) is 0 Å². The molecule has 1 amide bonds. The second-order valence-electron chi connectivity index (χ2n) is 1.67. The first-order valence-electron chi connectivity index (χ1n) is 2.64. The number of amides is 1. The molecule has 0 rings (SSSR count). The lowest BCUT2D eigenvalue weighted by atomic mass is 10.8. The molecule has 0 unspecified atom stereocenters. The topological polar surface area (TPSA) is 80.3 Å². The van der Waals surface area contributed by atoms with Crippen molar-refractivity contribution in [2.24, 2.45) is 0 Å². The molecular weight excluding hydrogens is 318 g/mol. The molecule has 0 aliphatic rings. The van der Waals surface area contributed by atoms with E-state index < -0.39 is 21.0 Å². The van der Waals surface area contributed by atoms with Gasteiger partial charge in [0.2, 0.25) is 5.91 Å². The van der Waals surface area contributed by atoms with Gasteiger partial charge in [-0.3, -0.25) is 9.59 Å². The van der Waals surface area contributed by atoms with E-state index in [-0.39, 0.29) is 10.7 Å². The third-order valence-electron chi connectivity index (χ3n) is 0.778. The van der Waals surface area contributed by atoms with Gasteiger partial charge >= 0.3 is 0 Å². The fourth-order valence-corrected chi connectivity index (χ4v) is 2.17. The number of carbonyl (C=O) groups excluding carboxylic acids is 2. The second-order valence-corrected chi connectivity index (χ2v) is 4.46. The largest absolute Gasteiger partial charge is 0.298 e. The Hall–Kier alpha value is 0.0500. The van der Waals surface area contributed by atoms with Gasteiger partial charge in [-0.25, -0.2) is 4.72 Å². The Morgan fingerprint density at radius 1 is 1.17 bits per heavy atom. The summed E-state index contributed by atoms with van der Waals surface area (Å²) in [7, 11) is -4.14. The van der Waals surface area contributed by atoms with Crippen molar-refractivity contribution in [3.05, 3.63) is 0 Å². The first-order valence-corrected chi connectivity index (χ1v) is 6.37. The van der Waals surface area contributed by atoms with Crippen molar-refractivity contribution < 1.29 is 18.0 Å². The Labute approximate surface area is 86.2 Å². The molecule has 12 heavy (non-hydrogen) atoms. The monoisotopic (exact) mass is 321 g/mol. The summed E-state index contributed by atoms with van der Waals surface area (Å²) in [6, 6.07) is 0. The fraction of sp³-hybridized carbons (Fsp3) is 0.500. The molecule has 0 heterocycles. The van der Waals surface area contributed by atoms with Crippen LogP contribution in [0, 0.1) is 0 Å². The van der Waals surface area contributed by atoms with Gasteiger partial charge in [-0.1, -0.05) is 31.9 Å². The number of halogens is 2. The van der Waals surface area contributed by atoms with Crippen molar-refractivity contribution in [3.8, 4) is 0 Å². The number of nitrogens with one attached hydrogen (secondary N) is 1. The molecule has 1 N–H and O–H groups in total. The summed E-state index contributed by atoms with van der Waals surface area (Å²) in [5, 5.41) is -1.57. The fourth-order valence-electron chi connectivity index (χ4n) is 0.306. The van der Waals surface area contributed by atoms with Gasteiger partial charge in [0.15, 0.2) is 0 Å². The second kappa shape index (κ2) is 4.93. The molecule has 70 valence electrons. The molecular formula is C4H5Br2NO4S. The molecule has 0 aliphatic heterocycles. The lowest BCUT2D eigenvalue weighted by Gasteiger charge is -2.00. The predicted octanol–water partition coefficient (Wildman–Crippen LogP) is -0.251. The van der Waals surface area contributed by atoms with Crippen molar-refractivity contribution in [1.29, 1.82) is 0 Å². The molecule has 0 radical (unpaired) electrons. The third kappa shape index (κ3) is 3.63. The molecule has 0 aromatic heterocycles. The molecule has 0 atom stereocenters. The summed E-state index contributed by atoms with van der Waals surface area (Å²) >= 11 is 5.41. The van der Waals surface area contributed by atoms with Crippen molar-refractivity contribution in [1.82, 2.24) is 4.72 Å². The Bertz CT molecular complexity index is 285. The van der Waals surface area contributed by atoms with E-state index in [1.807, 2.05) is 0 Å². The highest BCUT2D eigenvalue weighted by Crippen LogP contribution is 1.92. The maximum absolute atomic E-state index is 10.8. The third-order valence-corrected chi connectivity index (χ3v) is 3.41. The van der Waals surface area contributed by atoms with Gasteiger partial charge in [-0.05, 0) is 0 Å². The summed E-state index contributed by atoms with van der Waals surface area (Å²) in [5.41, 5.74) is 0. The zero-order valence-corrected chi connectivity index (χ0v) is 9.70. The molecule has 0 aliphatic carbocycles. The minimum absolute atomic E-state index is 0.165. The van der Waals surface area contributed by atoms with Gasteiger partial charge in [-0.15, -0.1) is 0 Å². The number of rotatable bonds is 2. The summed E-state index contributed by atoms with van der Waals surface area (Å²) in [5.74, 6) is -0.774. The zero-order valence-electron chi connectivity index (χ0n) is 5.71.